The summed E-state index contributed by atoms with van der Waals surface area (Å²) in [4.78, 5) is 21.0. The zero-order valence-electron chi connectivity index (χ0n) is 31.9. The molecule has 2 saturated carbocycles. The summed E-state index contributed by atoms with van der Waals surface area (Å²) in [6.45, 7) is 13.8. The molecule has 2 unspecified atom stereocenters. The topological polar surface area (TPSA) is 101 Å². The molecule has 2 aromatic carbocycles. The molecular weight excluding hydrogens is 724 g/mol. The van der Waals surface area contributed by atoms with Crippen LogP contribution in [0.1, 0.15) is 60.5 Å². The molecule has 0 aromatic heterocycles. The summed E-state index contributed by atoms with van der Waals surface area (Å²) in [5, 5.41) is -0.233. The fourth-order valence-electron chi connectivity index (χ4n) is 10.3. The highest BCUT2D eigenvalue weighted by molar-refractivity contribution is 7.90. The van der Waals surface area contributed by atoms with Crippen molar-refractivity contribution in [3.63, 3.8) is 0 Å². The van der Waals surface area contributed by atoms with Crippen LogP contribution in [0.25, 0.3) is 0 Å². The number of morpholine rings is 1. The predicted octanol–water partition coefficient (Wildman–Crippen LogP) is 5.45. The summed E-state index contributed by atoms with van der Waals surface area (Å²) in [6.07, 6.45) is 9.76. The molecule has 10 nitrogen and oxygen atoms in total. The summed E-state index contributed by atoms with van der Waals surface area (Å²) < 4.78 is 48.6. The number of anilines is 1. The third-order valence-corrected chi connectivity index (χ3v) is 15.7. The molecule has 1 N–H and O–H groups in total. The van der Waals surface area contributed by atoms with E-state index in [-0.39, 0.29) is 22.3 Å². The van der Waals surface area contributed by atoms with E-state index in [1.165, 1.54) is 11.1 Å². The van der Waals surface area contributed by atoms with Gasteiger partial charge in [0.25, 0.3) is 5.91 Å². The maximum Gasteiger partial charge on any atom is 0.264 e. The van der Waals surface area contributed by atoms with Gasteiger partial charge in [0.2, 0.25) is 10.0 Å². The molecular formula is C42H55ClN4O6S. The maximum absolute atomic E-state index is 13.7. The summed E-state index contributed by atoms with van der Waals surface area (Å²) in [6, 6.07) is 11.6. The second-order valence-electron chi connectivity index (χ2n) is 16.9. The number of rotatable bonds is 6. The number of halogens is 1. The number of methoxy groups -OCH3 is 1. The van der Waals surface area contributed by atoms with Crippen LogP contribution in [-0.4, -0.2) is 115 Å². The zero-order chi connectivity index (χ0) is 37.9. The van der Waals surface area contributed by atoms with Crippen LogP contribution in [0.15, 0.2) is 60.7 Å². The molecule has 3 aliphatic carbocycles. The number of nitrogens with one attached hydrogen (secondary N) is 1. The largest absolute Gasteiger partial charge is 0.490 e. The number of aryl methyl sites for hydroxylation is 1. The van der Waals surface area contributed by atoms with E-state index in [0.29, 0.717) is 43.4 Å². The van der Waals surface area contributed by atoms with Gasteiger partial charge in [0.15, 0.2) is 0 Å². The first kappa shape index (κ1) is 38.0. The Morgan fingerprint density at radius 2 is 1.96 bits per heavy atom. The normalized spacial score (nSPS) is 34.1. The zero-order valence-corrected chi connectivity index (χ0v) is 33.5. The van der Waals surface area contributed by atoms with Crippen LogP contribution in [0, 0.1) is 17.3 Å². The van der Waals surface area contributed by atoms with Crippen molar-refractivity contribution >= 4 is 33.2 Å². The Morgan fingerprint density at radius 3 is 2.72 bits per heavy atom. The molecule has 0 radical (unpaired) electrons. The predicted molar refractivity (Wildman–Crippen MR) is 212 cm³/mol. The third-order valence-electron chi connectivity index (χ3n) is 13.7. The van der Waals surface area contributed by atoms with Gasteiger partial charge in [0.05, 0.1) is 30.8 Å². The van der Waals surface area contributed by atoms with Crippen molar-refractivity contribution in [3.05, 3.63) is 82.4 Å². The molecule has 292 valence electrons. The number of benzene rings is 2. The van der Waals surface area contributed by atoms with Gasteiger partial charge in [-0.1, -0.05) is 42.0 Å². The minimum Gasteiger partial charge on any atom is -0.490 e. The number of likely N-dealkylation sites (N-methyl/N-ethyl adjacent to an activating group) is 1. The van der Waals surface area contributed by atoms with Crippen LogP contribution < -0.4 is 14.4 Å². The SMILES string of the molecule is C=C1C/C=C/[C@@](CN(C)CCN2CCOCC2)(OC)[C@@H]2CC3CC32CN2C[C@@]3(CCCc4cc(Cl)ccc43)COc3ccc(cc32)C(=O)NS(=O)(=O)[C@@H]1C. The summed E-state index contributed by atoms with van der Waals surface area (Å²) in [5.41, 5.74) is 3.30. The van der Waals surface area contributed by atoms with Gasteiger partial charge < -0.3 is 24.0 Å². The standard InChI is InChI=1S/C42H55ClN4O6S/c1-29-7-5-14-42(51-4,27-45(3)15-16-46-17-19-52-20-18-46)38-23-33-24-41(33,38)26-47-25-40(13-6-8-31-21-34(43)10-11-35(31)40)28-53-37-12-9-32(22-36(37)47)39(48)44-54(49,50)30(29)2/h5,9-12,14,21-22,30,33,38H,1,6-8,13,15-20,23-28H2,2-4H3,(H,44,48)/b14-5+/t30-,33?,38-,40+,41?,42+/m1/s1. The summed E-state index contributed by atoms with van der Waals surface area (Å²) in [5.74, 6) is 0.868. The van der Waals surface area contributed by atoms with Crippen LogP contribution in [0.2, 0.25) is 5.02 Å². The first-order valence-electron chi connectivity index (χ1n) is 19.6. The fraction of sp³-hybridized carbons (Fsp3) is 0.595. The van der Waals surface area contributed by atoms with Gasteiger partial charge in [-0.15, -0.1) is 0 Å². The van der Waals surface area contributed by atoms with E-state index in [0.717, 1.165) is 88.8 Å². The number of hydrogen-bond donors (Lipinski definition) is 1. The number of allylic oxidation sites excluding steroid dienone is 1. The van der Waals surface area contributed by atoms with Crippen LogP contribution in [0.5, 0.6) is 5.75 Å². The average Bonchev–Trinajstić information content (AvgIpc) is 3.76. The van der Waals surface area contributed by atoms with Crippen LogP contribution in [0.4, 0.5) is 5.69 Å². The van der Waals surface area contributed by atoms with Crippen molar-refractivity contribution < 1.29 is 27.4 Å². The lowest BCUT2D eigenvalue weighted by Gasteiger charge is -2.51. The molecule has 54 heavy (non-hydrogen) atoms. The Labute approximate surface area is 325 Å². The number of ether oxygens (including phenoxy) is 3. The first-order chi connectivity index (χ1) is 25.9. The molecule has 6 atom stereocenters. The molecule has 6 aliphatic rings. The van der Waals surface area contributed by atoms with E-state index in [2.05, 4.69) is 51.3 Å². The van der Waals surface area contributed by atoms with Crippen molar-refractivity contribution in [2.75, 3.05) is 84.7 Å². The molecule has 1 saturated heterocycles. The highest BCUT2D eigenvalue weighted by atomic mass is 35.5. The van der Waals surface area contributed by atoms with Gasteiger partial charge in [0, 0.05) is 74.8 Å². The Hall–Kier alpha value is -2.93. The van der Waals surface area contributed by atoms with Crippen LogP contribution in [-0.2, 0) is 31.3 Å². The van der Waals surface area contributed by atoms with E-state index in [4.69, 9.17) is 25.8 Å². The lowest BCUT2D eigenvalue weighted by Crippen LogP contribution is -2.58. The molecule has 2 aromatic rings. The number of carbonyl (C=O) groups is 1. The molecule has 2 bridgehead atoms. The molecule has 2 spiro atoms. The molecule has 3 heterocycles. The molecule has 8 rings (SSSR count). The van der Waals surface area contributed by atoms with Crippen molar-refractivity contribution in [3.8, 4) is 5.75 Å². The number of hydrogen-bond acceptors (Lipinski definition) is 9. The highest BCUT2D eigenvalue weighted by Crippen LogP contribution is 2.74. The molecule has 3 fully saturated rings. The average molecular weight is 779 g/mol. The smallest absolute Gasteiger partial charge is 0.264 e. The fourth-order valence-corrected chi connectivity index (χ4v) is 11.6. The van der Waals surface area contributed by atoms with Gasteiger partial charge in [-0.05, 0) is 105 Å². The molecule has 1 amide bonds. The second-order valence-corrected chi connectivity index (χ2v) is 19.4. The van der Waals surface area contributed by atoms with Crippen LogP contribution >= 0.6 is 11.6 Å². The van der Waals surface area contributed by atoms with E-state index in [9.17, 15) is 13.2 Å². The van der Waals surface area contributed by atoms with Crippen molar-refractivity contribution in [1.29, 1.82) is 0 Å². The highest BCUT2D eigenvalue weighted by Gasteiger charge is 2.73. The number of carbonyl (C=O) groups excluding carboxylic acids is 1. The second kappa shape index (κ2) is 14.5. The monoisotopic (exact) mass is 778 g/mol. The number of fused-ring (bicyclic) bond motifs is 3. The van der Waals surface area contributed by atoms with E-state index >= 15 is 0 Å². The Balaban J connectivity index is 1.19. The van der Waals surface area contributed by atoms with Crippen molar-refractivity contribution in [2.24, 2.45) is 17.3 Å². The summed E-state index contributed by atoms with van der Waals surface area (Å²) in [7, 11) is -0.0473. The third kappa shape index (κ3) is 6.91. The van der Waals surface area contributed by atoms with Gasteiger partial charge in [-0.25, -0.2) is 13.1 Å². The number of amides is 1. The van der Waals surface area contributed by atoms with Crippen molar-refractivity contribution in [1.82, 2.24) is 14.5 Å². The quantitative estimate of drug-likeness (QED) is 0.384. The molecule has 12 heteroatoms. The minimum absolute atomic E-state index is 0.00859. The van der Waals surface area contributed by atoms with E-state index in [1.807, 2.05) is 31.4 Å². The molecule has 3 aliphatic heterocycles. The van der Waals surface area contributed by atoms with Gasteiger partial charge in [-0.2, -0.15) is 0 Å². The first-order valence-corrected chi connectivity index (χ1v) is 21.6. The number of sulfonamides is 1. The summed E-state index contributed by atoms with van der Waals surface area (Å²) >= 11 is 6.52. The number of nitrogens with zero attached hydrogens (tertiary/aromatic N) is 3. The van der Waals surface area contributed by atoms with E-state index in [1.54, 1.807) is 13.0 Å². The lowest BCUT2D eigenvalue weighted by atomic mass is 9.63. The maximum atomic E-state index is 13.7. The Morgan fingerprint density at radius 1 is 1.15 bits per heavy atom. The van der Waals surface area contributed by atoms with Gasteiger partial charge in [0.1, 0.15) is 11.4 Å². The minimum atomic E-state index is -4.06. The van der Waals surface area contributed by atoms with Gasteiger partial charge in [-0.3, -0.25) is 9.69 Å². The Bertz CT molecular complexity index is 1930. The lowest BCUT2D eigenvalue weighted by molar-refractivity contribution is -0.0949. The van der Waals surface area contributed by atoms with Gasteiger partial charge >= 0.3 is 0 Å². The van der Waals surface area contributed by atoms with Crippen LogP contribution in [0.3, 0.4) is 0 Å². The van der Waals surface area contributed by atoms with Crippen molar-refractivity contribution in [2.45, 2.75) is 61.7 Å². The Kier molecular flexibility index (Phi) is 10.2. The van der Waals surface area contributed by atoms with E-state index < -0.39 is 26.8 Å².